The summed E-state index contributed by atoms with van der Waals surface area (Å²) < 4.78 is 0. The van der Waals surface area contributed by atoms with Gasteiger partial charge >= 0.3 is 11.9 Å². The maximum absolute atomic E-state index is 14.3. The summed E-state index contributed by atoms with van der Waals surface area (Å²) in [5.41, 5.74) is 22.2. The molecule has 0 aromatic rings. The maximum Gasteiger partial charge on any atom is 0.326 e. The van der Waals surface area contributed by atoms with Crippen LogP contribution in [0, 0.1) is 11.8 Å². The standard InChI is InChI=1S/C51H91N15O14S2/c1-27(2)24-36(65-42(71)30-13-10-20-56-30)48(77)61-33(15-16-39(53)67)45(74)66-37(25-28(3)4)47(76)60-31(12-8-9-19-52)44(73)62-34(17-22-81-6)46(75)59-32(14-11-21-57-51(54)55)43(72)58-29(5)41(70)64-38(26-40(68)69)49(78)63-35(50(79)80)18-23-82-7/h27-38,56H,8-26,52H2,1-7H3,(H2,53,67)(H,58,72)(H,59,75)(H,60,76)(H,61,77)(H,62,73)(H,63,78)(H,64,70)(H,65,71)(H,66,74)(H,68,69)(H,79,80)(H4,54,55,57)/t29-,30-,31-,32-,33-,34-,35-,36-,37-,38-/m0/s1. The van der Waals surface area contributed by atoms with Gasteiger partial charge in [0, 0.05) is 13.0 Å². The zero-order valence-corrected chi connectivity index (χ0v) is 49.9. The number of aliphatic imine (C=N–C) groups is 1. The fraction of sp³-hybridized carbons (Fsp3) is 0.745. The Bertz CT molecular complexity index is 2170. The summed E-state index contributed by atoms with van der Waals surface area (Å²) in [4.78, 5) is 164. The second-order valence-electron chi connectivity index (χ2n) is 20.9. The molecule has 0 aliphatic carbocycles. The molecule has 0 aromatic carbocycles. The molecule has 0 aromatic heterocycles. The average molecular weight is 1200 g/mol. The van der Waals surface area contributed by atoms with Gasteiger partial charge in [0.1, 0.15) is 54.4 Å². The zero-order valence-electron chi connectivity index (χ0n) is 48.2. The molecule has 1 aliphatic heterocycles. The predicted molar refractivity (Wildman–Crippen MR) is 310 cm³/mol. The molecular formula is C51H91N15O14S2. The maximum atomic E-state index is 14.3. The van der Waals surface area contributed by atoms with E-state index >= 15 is 0 Å². The summed E-state index contributed by atoms with van der Waals surface area (Å²) in [6.07, 6.45) is 4.38. The largest absolute Gasteiger partial charge is 0.481 e. The van der Waals surface area contributed by atoms with Crippen molar-refractivity contribution in [2.75, 3.05) is 43.7 Å². The summed E-state index contributed by atoms with van der Waals surface area (Å²) in [5, 5.41) is 45.2. The average Bonchev–Trinajstić information content (AvgIpc) is 4.00. The van der Waals surface area contributed by atoms with E-state index in [1.807, 2.05) is 13.8 Å². The quantitative estimate of drug-likeness (QED) is 0.0162. The van der Waals surface area contributed by atoms with E-state index in [2.05, 4.69) is 58.2 Å². The predicted octanol–water partition coefficient (Wildman–Crippen LogP) is -3.27. The molecule has 0 saturated carbocycles. The smallest absolute Gasteiger partial charge is 0.326 e. The third kappa shape index (κ3) is 30.0. The van der Waals surface area contributed by atoms with Crippen LogP contribution in [-0.4, -0.2) is 191 Å². The molecule has 1 fully saturated rings. The van der Waals surface area contributed by atoms with E-state index in [1.54, 1.807) is 26.4 Å². The van der Waals surface area contributed by atoms with Gasteiger partial charge in [0.25, 0.3) is 0 Å². The number of nitrogens with zero attached hydrogens (tertiary/aromatic N) is 1. The number of hydrogen-bond donors (Lipinski definition) is 16. The number of primary amides is 1. The Morgan fingerprint density at radius 2 is 0.963 bits per heavy atom. The minimum Gasteiger partial charge on any atom is -0.481 e. The molecule has 0 spiro atoms. The number of nitrogens with one attached hydrogen (secondary N) is 10. The van der Waals surface area contributed by atoms with Crippen LogP contribution in [0.4, 0.5) is 0 Å². The number of guanidine groups is 1. The zero-order chi connectivity index (χ0) is 62.1. The first-order chi connectivity index (χ1) is 38.6. The number of amides is 10. The minimum absolute atomic E-state index is 0.00315. The van der Waals surface area contributed by atoms with Crippen LogP contribution < -0.4 is 76.1 Å². The van der Waals surface area contributed by atoms with Gasteiger partial charge in [-0.2, -0.15) is 23.5 Å². The highest BCUT2D eigenvalue weighted by Crippen LogP contribution is 2.14. The molecule has 466 valence electrons. The van der Waals surface area contributed by atoms with E-state index in [0.717, 1.165) is 6.42 Å². The minimum atomic E-state index is -1.75. The molecule has 0 bridgehead atoms. The number of thioether (sulfide) groups is 2. The van der Waals surface area contributed by atoms with Gasteiger partial charge in [0.15, 0.2) is 5.96 Å². The van der Waals surface area contributed by atoms with Crippen molar-refractivity contribution in [3.63, 3.8) is 0 Å². The van der Waals surface area contributed by atoms with Crippen LogP contribution in [0.1, 0.15) is 125 Å². The van der Waals surface area contributed by atoms with E-state index < -0.39 is 132 Å². The lowest BCUT2D eigenvalue weighted by Crippen LogP contribution is -2.60. The number of unbranched alkanes of at least 4 members (excludes halogenated alkanes) is 1. The molecule has 0 radical (unpaired) electrons. The topological polar surface area (TPSA) is 482 Å². The molecule has 31 heteroatoms. The fourth-order valence-electron chi connectivity index (χ4n) is 8.37. The number of carboxylic acid groups (broad SMARTS) is 2. The first kappa shape index (κ1) is 73.5. The third-order valence-electron chi connectivity index (χ3n) is 12.8. The number of carboxylic acids is 2. The van der Waals surface area contributed by atoms with Crippen LogP contribution in [0.2, 0.25) is 0 Å². The summed E-state index contributed by atoms with van der Waals surface area (Å²) in [7, 11) is 0. The number of carbonyl (C=O) groups excluding carboxylic acids is 10. The van der Waals surface area contributed by atoms with Crippen LogP contribution in [0.5, 0.6) is 0 Å². The highest BCUT2D eigenvalue weighted by molar-refractivity contribution is 7.98. The Hall–Kier alpha value is -6.47. The first-order valence-electron chi connectivity index (χ1n) is 27.6. The third-order valence-corrected chi connectivity index (χ3v) is 14.0. The van der Waals surface area contributed by atoms with Crippen LogP contribution in [0.15, 0.2) is 4.99 Å². The SMILES string of the molecule is CSCC[C@H](NC(=O)[C@H](CC(=O)O)NC(=O)[C@H](C)NC(=O)[C@H](CCCN=C(N)N)NC(=O)[C@H](CCSC)NC(=O)[C@H](CCCCN)NC(=O)[C@H](CC(C)C)NC(=O)[C@H](CCC(N)=O)NC(=O)[C@H](CC(C)C)NC(=O)[C@@H]1CCCN1)C(=O)O. The second kappa shape index (κ2) is 39.9. The lowest BCUT2D eigenvalue weighted by atomic mass is 10.00. The Morgan fingerprint density at radius 1 is 0.537 bits per heavy atom. The summed E-state index contributed by atoms with van der Waals surface area (Å²) in [5.74, 6) is -10.9. The molecule has 0 unspecified atom stereocenters. The molecule has 10 atom stereocenters. The van der Waals surface area contributed by atoms with Gasteiger partial charge in [-0.15, -0.1) is 0 Å². The monoisotopic (exact) mass is 1200 g/mol. The number of nitrogens with two attached hydrogens (primary N) is 4. The Morgan fingerprint density at radius 3 is 1.41 bits per heavy atom. The van der Waals surface area contributed by atoms with Gasteiger partial charge in [0.2, 0.25) is 59.1 Å². The van der Waals surface area contributed by atoms with E-state index in [0.29, 0.717) is 37.3 Å². The van der Waals surface area contributed by atoms with Crippen molar-refractivity contribution in [3.8, 4) is 0 Å². The van der Waals surface area contributed by atoms with Gasteiger partial charge in [-0.25, -0.2) is 4.79 Å². The van der Waals surface area contributed by atoms with Crippen molar-refractivity contribution in [1.29, 1.82) is 0 Å². The lowest BCUT2D eigenvalue weighted by Gasteiger charge is -2.28. The van der Waals surface area contributed by atoms with Crippen LogP contribution in [0.25, 0.3) is 0 Å². The van der Waals surface area contributed by atoms with Crippen molar-refractivity contribution >= 4 is 100 Å². The molecule has 10 amide bonds. The fourth-order valence-corrected chi connectivity index (χ4v) is 9.31. The van der Waals surface area contributed by atoms with Gasteiger partial charge < -0.3 is 86.3 Å². The highest BCUT2D eigenvalue weighted by Gasteiger charge is 2.36. The van der Waals surface area contributed by atoms with Crippen molar-refractivity contribution < 1.29 is 67.7 Å². The van der Waals surface area contributed by atoms with Crippen LogP contribution in [0.3, 0.4) is 0 Å². The number of hydrogen-bond acceptors (Lipinski definition) is 17. The van der Waals surface area contributed by atoms with Gasteiger partial charge in [-0.1, -0.05) is 27.7 Å². The van der Waals surface area contributed by atoms with E-state index in [4.69, 9.17) is 22.9 Å². The first-order valence-corrected chi connectivity index (χ1v) is 30.4. The number of rotatable bonds is 42. The van der Waals surface area contributed by atoms with E-state index in [-0.39, 0.29) is 94.6 Å². The number of carbonyl (C=O) groups is 12. The Labute approximate surface area is 488 Å². The second-order valence-corrected chi connectivity index (χ2v) is 22.8. The molecule has 29 nitrogen and oxygen atoms in total. The van der Waals surface area contributed by atoms with E-state index in [1.165, 1.54) is 30.4 Å². The van der Waals surface area contributed by atoms with Crippen molar-refractivity contribution in [2.24, 2.45) is 39.8 Å². The lowest BCUT2D eigenvalue weighted by molar-refractivity contribution is -0.143. The van der Waals surface area contributed by atoms with Gasteiger partial charge in [-0.05, 0) is 133 Å². The molecule has 1 rings (SSSR count). The molecule has 82 heavy (non-hydrogen) atoms. The van der Waals surface area contributed by atoms with E-state index in [9.17, 15) is 67.7 Å². The molecular weight excluding hydrogens is 1110 g/mol. The molecule has 1 heterocycles. The van der Waals surface area contributed by atoms with Gasteiger partial charge in [0.05, 0.1) is 12.5 Å². The summed E-state index contributed by atoms with van der Waals surface area (Å²) in [6, 6.07) is -12.9. The highest BCUT2D eigenvalue weighted by atomic mass is 32.2. The van der Waals surface area contributed by atoms with Crippen LogP contribution >= 0.6 is 23.5 Å². The van der Waals surface area contributed by atoms with Gasteiger partial charge in [-0.3, -0.25) is 57.7 Å². The van der Waals surface area contributed by atoms with Crippen molar-refractivity contribution in [2.45, 2.75) is 185 Å². The van der Waals surface area contributed by atoms with Crippen LogP contribution in [-0.2, 0) is 57.5 Å². The molecule has 20 N–H and O–H groups in total. The Balaban J connectivity index is 3.50. The van der Waals surface area contributed by atoms with Crippen molar-refractivity contribution in [1.82, 2.24) is 53.2 Å². The Kier molecular flexibility index (Phi) is 35.8. The summed E-state index contributed by atoms with van der Waals surface area (Å²) in [6.45, 7) is 9.39. The molecule has 1 aliphatic rings. The summed E-state index contributed by atoms with van der Waals surface area (Å²) >= 11 is 2.65. The number of aliphatic carboxylic acids is 2. The molecule has 1 saturated heterocycles. The van der Waals surface area contributed by atoms with Crippen molar-refractivity contribution in [3.05, 3.63) is 0 Å². The normalized spacial score (nSPS) is 16.2.